The monoisotopic (exact) mass is 438 g/mol. The molecule has 0 aliphatic rings. The molecule has 5 rings (SSSR count). The van der Waals surface area contributed by atoms with Crippen molar-refractivity contribution >= 4 is 22.1 Å². The highest BCUT2D eigenvalue weighted by molar-refractivity contribution is 5.88. The number of para-hydroxylation sites is 1. The van der Waals surface area contributed by atoms with E-state index in [2.05, 4.69) is 4.98 Å². The summed E-state index contributed by atoms with van der Waals surface area (Å²) in [7, 11) is 1.62. The first-order valence-electron chi connectivity index (χ1n) is 10.7. The molecule has 3 aromatic carbocycles. The number of hydrogen-bond donors (Lipinski definition) is 0. The van der Waals surface area contributed by atoms with E-state index in [0.29, 0.717) is 29.8 Å². The smallest absolute Gasteiger partial charge is 0.269 e. The van der Waals surface area contributed by atoms with Crippen LogP contribution in [0.3, 0.4) is 0 Å². The highest BCUT2D eigenvalue weighted by atomic mass is 16.5. The summed E-state index contributed by atoms with van der Waals surface area (Å²) in [5.74, 6) is 1.24. The Labute approximate surface area is 189 Å². The molecule has 2 heterocycles. The Balaban J connectivity index is 1.70. The fraction of sp³-hybridized carbons (Fsp3) is 0.148. The molecule has 0 amide bonds. The fourth-order valence-corrected chi connectivity index (χ4v) is 3.95. The van der Waals surface area contributed by atoms with Crippen LogP contribution in [0.4, 0.5) is 0 Å². The molecule has 0 spiro atoms. The van der Waals surface area contributed by atoms with Gasteiger partial charge in [0, 0.05) is 12.1 Å². The van der Waals surface area contributed by atoms with Crippen molar-refractivity contribution in [3.05, 3.63) is 105 Å². The summed E-state index contributed by atoms with van der Waals surface area (Å²) < 4.78 is 12.7. The fourth-order valence-electron chi connectivity index (χ4n) is 3.95. The number of nitrogens with zero attached hydrogens (tertiary/aromatic N) is 2. The Morgan fingerprint density at radius 3 is 2.39 bits per heavy atom. The third kappa shape index (κ3) is 3.80. The van der Waals surface area contributed by atoms with E-state index in [9.17, 15) is 9.59 Å². The van der Waals surface area contributed by atoms with Crippen molar-refractivity contribution in [2.45, 2.75) is 19.9 Å². The van der Waals surface area contributed by atoms with E-state index in [1.807, 2.05) is 55.5 Å². The first-order chi connectivity index (χ1) is 16.0. The average Bonchev–Trinajstić information content (AvgIpc) is 2.84. The van der Waals surface area contributed by atoms with Crippen molar-refractivity contribution in [3.8, 4) is 17.1 Å². The summed E-state index contributed by atoms with van der Waals surface area (Å²) in [6.07, 6.45) is 0.592. The molecule has 0 aliphatic carbocycles. The standard InChI is InChI=1S/C27H22N2O4/c1-17-7-11-19(12-8-17)25-28-26-23(24(30)21-5-3-4-6-22(21)33-26)27(31)29(25)16-15-18-9-13-20(32-2)14-10-18/h3-14H,15-16H2,1-2H3. The molecule has 5 aromatic rings. The van der Waals surface area contributed by atoms with Crippen LogP contribution in [0.5, 0.6) is 5.75 Å². The lowest BCUT2D eigenvalue weighted by Gasteiger charge is -2.14. The summed E-state index contributed by atoms with van der Waals surface area (Å²) in [6.45, 7) is 2.36. The summed E-state index contributed by atoms with van der Waals surface area (Å²) in [5.41, 5.74) is 2.63. The molecule has 33 heavy (non-hydrogen) atoms. The van der Waals surface area contributed by atoms with Crippen molar-refractivity contribution in [1.29, 1.82) is 0 Å². The van der Waals surface area contributed by atoms with E-state index < -0.39 is 5.56 Å². The number of aryl methyl sites for hydroxylation is 2. The Hall–Kier alpha value is -4.19. The maximum absolute atomic E-state index is 13.6. The van der Waals surface area contributed by atoms with Crippen LogP contribution >= 0.6 is 0 Å². The molecule has 0 bridgehead atoms. The van der Waals surface area contributed by atoms with E-state index in [4.69, 9.17) is 9.15 Å². The van der Waals surface area contributed by atoms with E-state index in [1.54, 1.807) is 35.9 Å². The van der Waals surface area contributed by atoms with Crippen LogP contribution in [0.1, 0.15) is 11.1 Å². The number of fused-ring (bicyclic) bond motifs is 2. The lowest BCUT2D eigenvalue weighted by atomic mass is 10.1. The second-order valence-corrected chi connectivity index (χ2v) is 7.96. The predicted octanol–water partition coefficient (Wildman–Crippen LogP) is 4.73. The SMILES string of the molecule is COc1ccc(CCn2c(-c3ccc(C)cc3)nc3oc4ccccc4c(=O)c3c2=O)cc1. The quantitative estimate of drug-likeness (QED) is 0.371. The zero-order valence-electron chi connectivity index (χ0n) is 18.4. The number of aromatic nitrogens is 2. The number of benzene rings is 3. The van der Waals surface area contributed by atoms with Gasteiger partial charge in [0.15, 0.2) is 5.39 Å². The van der Waals surface area contributed by atoms with Crippen LogP contribution in [0.25, 0.3) is 33.5 Å². The minimum atomic E-state index is -0.399. The van der Waals surface area contributed by atoms with Gasteiger partial charge in [0.05, 0.1) is 12.5 Å². The van der Waals surface area contributed by atoms with Crippen LogP contribution in [0.15, 0.2) is 86.8 Å². The Morgan fingerprint density at radius 1 is 0.939 bits per heavy atom. The lowest BCUT2D eigenvalue weighted by molar-refractivity contribution is 0.414. The van der Waals surface area contributed by atoms with Crippen LogP contribution in [0.2, 0.25) is 0 Å². The Morgan fingerprint density at radius 2 is 1.67 bits per heavy atom. The number of hydrogen-bond acceptors (Lipinski definition) is 5. The van der Waals surface area contributed by atoms with Crippen molar-refractivity contribution in [2.75, 3.05) is 7.11 Å². The van der Waals surface area contributed by atoms with E-state index >= 15 is 0 Å². The van der Waals surface area contributed by atoms with E-state index in [1.165, 1.54) is 0 Å². The van der Waals surface area contributed by atoms with Crippen LogP contribution in [0, 0.1) is 6.92 Å². The van der Waals surface area contributed by atoms with Crippen LogP contribution in [-0.4, -0.2) is 16.7 Å². The third-order valence-electron chi connectivity index (χ3n) is 5.79. The van der Waals surface area contributed by atoms with Gasteiger partial charge in [0.2, 0.25) is 11.1 Å². The van der Waals surface area contributed by atoms with E-state index in [0.717, 1.165) is 22.4 Å². The van der Waals surface area contributed by atoms with Gasteiger partial charge in [-0.15, -0.1) is 0 Å². The molecule has 0 fully saturated rings. The second-order valence-electron chi connectivity index (χ2n) is 7.96. The van der Waals surface area contributed by atoms with Gasteiger partial charge in [-0.1, -0.05) is 54.1 Å². The van der Waals surface area contributed by atoms with Gasteiger partial charge in [-0.3, -0.25) is 14.2 Å². The van der Waals surface area contributed by atoms with Gasteiger partial charge < -0.3 is 9.15 Å². The van der Waals surface area contributed by atoms with Gasteiger partial charge >= 0.3 is 0 Å². The van der Waals surface area contributed by atoms with Gasteiger partial charge in [0.25, 0.3) is 5.56 Å². The molecular weight excluding hydrogens is 416 g/mol. The number of rotatable bonds is 5. The molecule has 0 radical (unpaired) electrons. The number of methoxy groups -OCH3 is 1. The minimum absolute atomic E-state index is 0.0284. The number of ether oxygens (including phenoxy) is 1. The molecule has 6 nitrogen and oxygen atoms in total. The van der Waals surface area contributed by atoms with Crippen molar-refractivity contribution in [2.24, 2.45) is 0 Å². The zero-order valence-corrected chi connectivity index (χ0v) is 18.4. The average molecular weight is 438 g/mol. The summed E-state index contributed by atoms with van der Waals surface area (Å²) in [4.78, 5) is 31.5. The first kappa shape index (κ1) is 20.7. The van der Waals surface area contributed by atoms with Crippen molar-refractivity contribution in [1.82, 2.24) is 9.55 Å². The molecular formula is C27H22N2O4. The molecule has 0 aliphatic heterocycles. The summed E-state index contributed by atoms with van der Waals surface area (Å²) >= 11 is 0. The highest BCUT2D eigenvalue weighted by Gasteiger charge is 2.18. The first-order valence-corrected chi connectivity index (χ1v) is 10.7. The minimum Gasteiger partial charge on any atom is -0.497 e. The molecule has 0 saturated carbocycles. The molecule has 0 N–H and O–H groups in total. The van der Waals surface area contributed by atoms with Crippen LogP contribution < -0.4 is 15.7 Å². The van der Waals surface area contributed by atoms with E-state index in [-0.39, 0.29) is 16.5 Å². The zero-order chi connectivity index (χ0) is 22.9. The van der Waals surface area contributed by atoms with Gasteiger partial charge in [-0.2, -0.15) is 4.98 Å². The normalized spacial score (nSPS) is 11.2. The molecule has 0 unspecified atom stereocenters. The summed E-state index contributed by atoms with van der Waals surface area (Å²) in [5, 5.41) is 0.341. The summed E-state index contributed by atoms with van der Waals surface area (Å²) in [6, 6.07) is 22.4. The topological polar surface area (TPSA) is 74.3 Å². The van der Waals surface area contributed by atoms with Crippen molar-refractivity contribution in [3.63, 3.8) is 0 Å². The third-order valence-corrected chi connectivity index (χ3v) is 5.79. The predicted molar refractivity (Wildman–Crippen MR) is 129 cm³/mol. The van der Waals surface area contributed by atoms with Gasteiger partial charge in [-0.05, 0) is 43.2 Å². The second kappa shape index (κ2) is 8.39. The highest BCUT2D eigenvalue weighted by Crippen LogP contribution is 2.22. The van der Waals surface area contributed by atoms with Gasteiger partial charge in [0.1, 0.15) is 17.2 Å². The Kier molecular flexibility index (Phi) is 5.26. The Bertz CT molecular complexity index is 1580. The lowest BCUT2D eigenvalue weighted by Crippen LogP contribution is -2.28. The van der Waals surface area contributed by atoms with Crippen molar-refractivity contribution < 1.29 is 9.15 Å². The van der Waals surface area contributed by atoms with Gasteiger partial charge in [-0.25, -0.2) is 0 Å². The molecule has 0 saturated heterocycles. The molecule has 2 aromatic heterocycles. The van der Waals surface area contributed by atoms with Crippen LogP contribution in [-0.2, 0) is 13.0 Å². The maximum Gasteiger partial charge on any atom is 0.269 e. The maximum atomic E-state index is 13.6. The molecule has 6 heteroatoms. The molecule has 0 atom stereocenters. The largest absolute Gasteiger partial charge is 0.497 e. The molecule has 164 valence electrons.